The molecule has 0 aliphatic rings. The Hall–Kier alpha value is -2.52. The van der Waals surface area contributed by atoms with E-state index in [4.69, 9.17) is 10.5 Å². The number of para-hydroxylation sites is 1. The van der Waals surface area contributed by atoms with Gasteiger partial charge in [-0.2, -0.15) is 10.5 Å². The first-order chi connectivity index (χ1) is 9.31. The van der Waals surface area contributed by atoms with Crippen LogP contribution in [-0.4, -0.2) is 6.54 Å². The first kappa shape index (κ1) is 14.5. The van der Waals surface area contributed by atoms with E-state index in [9.17, 15) is 0 Å². The van der Waals surface area contributed by atoms with Gasteiger partial charge in [0.2, 0.25) is 0 Å². The van der Waals surface area contributed by atoms with E-state index in [-0.39, 0.29) is 5.57 Å². The molecule has 96 valence electrons. The maximum atomic E-state index is 8.66. The molecule has 0 atom stereocenters. The molecule has 0 heterocycles. The summed E-state index contributed by atoms with van der Waals surface area (Å²) in [6.45, 7) is 3.07. The molecule has 0 amide bonds. The van der Waals surface area contributed by atoms with Gasteiger partial charge in [-0.1, -0.05) is 31.5 Å². The average molecular weight is 251 g/mol. The minimum Gasteiger partial charge on any atom is -0.348 e. The van der Waals surface area contributed by atoms with Crippen LogP contribution >= 0.6 is 0 Å². The fourth-order valence-electron chi connectivity index (χ4n) is 1.58. The van der Waals surface area contributed by atoms with Crippen LogP contribution in [0.25, 0.3) is 0 Å². The third-order valence-corrected chi connectivity index (χ3v) is 2.61. The number of rotatable bonds is 6. The molecule has 19 heavy (non-hydrogen) atoms. The first-order valence-corrected chi connectivity index (χ1v) is 6.32. The lowest BCUT2D eigenvalue weighted by Gasteiger charge is -2.19. The molecule has 0 radical (unpaired) electrons. The zero-order valence-electron chi connectivity index (χ0n) is 11.1. The number of anilines is 1. The summed E-state index contributed by atoms with van der Waals surface area (Å²) in [5.74, 6) is 0. The lowest BCUT2D eigenvalue weighted by Crippen LogP contribution is -2.16. The third kappa shape index (κ3) is 5.10. The largest absolute Gasteiger partial charge is 0.348 e. The number of benzene rings is 1. The lowest BCUT2D eigenvalue weighted by atomic mass is 10.2. The molecule has 0 N–H and O–H groups in total. The third-order valence-electron chi connectivity index (χ3n) is 2.61. The molecule has 0 saturated carbocycles. The van der Waals surface area contributed by atoms with E-state index in [2.05, 4.69) is 11.8 Å². The summed E-state index contributed by atoms with van der Waals surface area (Å²) in [6, 6.07) is 13.7. The Morgan fingerprint density at radius 3 is 2.47 bits per heavy atom. The van der Waals surface area contributed by atoms with Crippen LogP contribution in [0.2, 0.25) is 0 Å². The highest BCUT2D eigenvalue weighted by Crippen LogP contribution is 2.14. The van der Waals surface area contributed by atoms with E-state index in [1.54, 1.807) is 6.08 Å². The Kier molecular flexibility index (Phi) is 6.55. The molecule has 0 fully saturated rings. The topological polar surface area (TPSA) is 50.8 Å². The molecule has 1 rings (SSSR count). The summed E-state index contributed by atoms with van der Waals surface area (Å²) < 4.78 is 0. The molecular weight excluding hydrogens is 234 g/mol. The van der Waals surface area contributed by atoms with Gasteiger partial charge in [-0.25, -0.2) is 0 Å². The lowest BCUT2D eigenvalue weighted by molar-refractivity contribution is 0.782. The Labute approximate surface area is 114 Å². The standard InChI is InChI=1S/C16H17N3/c1-2-3-11-19(16-9-5-4-6-10-16)12-7-8-15(13-17)14-18/h4-10,12H,2-3,11H2,1H3. The molecule has 0 unspecified atom stereocenters. The van der Waals surface area contributed by atoms with Crippen LogP contribution in [0.3, 0.4) is 0 Å². The molecule has 0 aliphatic heterocycles. The quantitative estimate of drug-likeness (QED) is 0.571. The Balaban J connectivity index is 2.82. The number of nitriles is 2. The maximum Gasteiger partial charge on any atom is 0.129 e. The van der Waals surface area contributed by atoms with Gasteiger partial charge >= 0.3 is 0 Å². The van der Waals surface area contributed by atoms with Crippen molar-refractivity contribution in [3.63, 3.8) is 0 Å². The van der Waals surface area contributed by atoms with Crippen molar-refractivity contribution in [1.29, 1.82) is 10.5 Å². The number of unbranched alkanes of at least 4 members (excludes halogenated alkanes) is 1. The van der Waals surface area contributed by atoms with Gasteiger partial charge in [0, 0.05) is 18.4 Å². The molecule has 0 aromatic heterocycles. The van der Waals surface area contributed by atoms with Crippen molar-refractivity contribution in [2.75, 3.05) is 11.4 Å². The van der Waals surface area contributed by atoms with Gasteiger partial charge in [-0.05, 0) is 30.7 Å². The van der Waals surface area contributed by atoms with Crippen molar-refractivity contribution in [1.82, 2.24) is 0 Å². The summed E-state index contributed by atoms with van der Waals surface area (Å²) in [6.07, 6.45) is 7.38. The summed E-state index contributed by atoms with van der Waals surface area (Å²) in [4.78, 5) is 2.12. The van der Waals surface area contributed by atoms with Gasteiger partial charge in [0.15, 0.2) is 0 Å². The van der Waals surface area contributed by atoms with Crippen molar-refractivity contribution in [3.05, 3.63) is 54.3 Å². The van der Waals surface area contributed by atoms with Crippen LogP contribution in [0.5, 0.6) is 0 Å². The highest BCUT2D eigenvalue weighted by molar-refractivity contribution is 5.49. The Morgan fingerprint density at radius 2 is 1.89 bits per heavy atom. The van der Waals surface area contributed by atoms with Crippen LogP contribution < -0.4 is 4.90 Å². The van der Waals surface area contributed by atoms with Gasteiger partial charge in [0.25, 0.3) is 0 Å². The molecule has 3 heteroatoms. The summed E-state index contributed by atoms with van der Waals surface area (Å²) >= 11 is 0. The minimum atomic E-state index is 0.111. The first-order valence-electron chi connectivity index (χ1n) is 6.32. The van der Waals surface area contributed by atoms with Crippen molar-refractivity contribution in [3.8, 4) is 12.1 Å². The number of nitrogens with zero attached hydrogens (tertiary/aromatic N) is 3. The fraction of sp³-hybridized carbons (Fsp3) is 0.250. The smallest absolute Gasteiger partial charge is 0.129 e. The van der Waals surface area contributed by atoms with Crippen LogP contribution in [0.4, 0.5) is 5.69 Å². The predicted octanol–water partition coefficient (Wildman–Crippen LogP) is 3.78. The van der Waals surface area contributed by atoms with Crippen LogP contribution in [0.1, 0.15) is 19.8 Å². The summed E-state index contributed by atoms with van der Waals surface area (Å²) in [7, 11) is 0. The molecule has 0 bridgehead atoms. The second-order valence-electron chi connectivity index (χ2n) is 4.03. The predicted molar refractivity (Wildman–Crippen MR) is 77.1 cm³/mol. The van der Waals surface area contributed by atoms with Gasteiger partial charge in [0.05, 0.1) is 0 Å². The molecule has 1 aromatic rings. The van der Waals surface area contributed by atoms with Gasteiger partial charge in [0.1, 0.15) is 17.7 Å². The van der Waals surface area contributed by atoms with Crippen molar-refractivity contribution in [2.45, 2.75) is 19.8 Å². The van der Waals surface area contributed by atoms with Gasteiger partial charge in [-0.3, -0.25) is 0 Å². The van der Waals surface area contributed by atoms with E-state index in [1.807, 2.05) is 48.7 Å². The Bertz CT molecular complexity index is 499. The second kappa shape index (κ2) is 8.55. The van der Waals surface area contributed by atoms with Crippen LogP contribution in [0, 0.1) is 22.7 Å². The zero-order chi connectivity index (χ0) is 13.9. The molecule has 3 nitrogen and oxygen atoms in total. The van der Waals surface area contributed by atoms with Crippen molar-refractivity contribution < 1.29 is 0 Å². The number of allylic oxidation sites excluding steroid dienone is 3. The summed E-state index contributed by atoms with van der Waals surface area (Å²) in [5.41, 5.74) is 1.22. The fourth-order valence-corrected chi connectivity index (χ4v) is 1.58. The monoisotopic (exact) mass is 251 g/mol. The number of hydrogen-bond acceptors (Lipinski definition) is 3. The molecule has 0 saturated heterocycles. The van der Waals surface area contributed by atoms with E-state index in [0.29, 0.717) is 0 Å². The maximum absolute atomic E-state index is 8.66. The molecular formula is C16H17N3. The van der Waals surface area contributed by atoms with E-state index < -0.39 is 0 Å². The molecule has 0 aliphatic carbocycles. The normalized spacial score (nSPS) is 9.63. The van der Waals surface area contributed by atoms with E-state index >= 15 is 0 Å². The SMILES string of the molecule is CCCCN(C=CC=C(C#N)C#N)c1ccccc1. The second-order valence-corrected chi connectivity index (χ2v) is 4.03. The highest BCUT2D eigenvalue weighted by atomic mass is 15.1. The van der Waals surface area contributed by atoms with Crippen LogP contribution in [0.15, 0.2) is 54.3 Å². The minimum absolute atomic E-state index is 0.111. The van der Waals surface area contributed by atoms with E-state index in [0.717, 1.165) is 25.1 Å². The van der Waals surface area contributed by atoms with Crippen molar-refractivity contribution in [2.24, 2.45) is 0 Å². The van der Waals surface area contributed by atoms with Crippen LogP contribution in [-0.2, 0) is 0 Å². The van der Waals surface area contributed by atoms with E-state index in [1.165, 1.54) is 6.08 Å². The summed E-state index contributed by atoms with van der Waals surface area (Å²) in [5, 5.41) is 17.3. The Morgan fingerprint density at radius 1 is 1.21 bits per heavy atom. The average Bonchev–Trinajstić information content (AvgIpc) is 2.47. The highest BCUT2D eigenvalue weighted by Gasteiger charge is 2.00. The number of hydrogen-bond donors (Lipinski definition) is 0. The zero-order valence-corrected chi connectivity index (χ0v) is 11.1. The van der Waals surface area contributed by atoms with Crippen molar-refractivity contribution >= 4 is 5.69 Å². The van der Waals surface area contributed by atoms with Gasteiger partial charge in [-0.15, -0.1) is 0 Å². The molecule has 0 spiro atoms. The van der Waals surface area contributed by atoms with Gasteiger partial charge < -0.3 is 4.90 Å². The molecule has 1 aromatic carbocycles.